The second kappa shape index (κ2) is 22.3. The first-order valence-electron chi connectivity index (χ1n) is 17.5. The number of hydrogen-bond acceptors (Lipinski definition) is 6. The van der Waals surface area contributed by atoms with Gasteiger partial charge in [0.25, 0.3) is 0 Å². The van der Waals surface area contributed by atoms with E-state index in [1.54, 1.807) is 12.1 Å². The van der Waals surface area contributed by atoms with Gasteiger partial charge in [-0.2, -0.15) is 0 Å². The van der Waals surface area contributed by atoms with Crippen molar-refractivity contribution in [2.45, 2.75) is 57.8 Å². The highest BCUT2D eigenvalue weighted by Gasteiger charge is 2.19. The van der Waals surface area contributed by atoms with Gasteiger partial charge in [-0.15, -0.1) is 11.8 Å². The normalized spacial score (nSPS) is 12.2. The quantitative estimate of drug-likeness (QED) is 0.115. The molecule has 0 amide bonds. The Bertz CT molecular complexity index is 1570. The third kappa shape index (κ3) is 13.4. The maximum atomic E-state index is 14.2. The molecule has 0 fully saturated rings. The minimum atomic E-state index is -0.321. The lowest BCUT2D eigenvalue weighted by molar-refractivity contribution is 0.150. The van der Waals surface area contributed by atoms with Crippen LogP contribution in [0.25, 0.3) is 0 Å². The van der Waals surface area contributed by atoms with Crippen molar-refractivity contribution in [3.05, 3.63) is 150 Å². The molecule has 0 unspecified atom stereocenters. The zero-order chi connectivity index (χ0) is 35.2. The molecule has 0 spiro atoms. The largest absolute Gasteiger partial charge is 0.492 e. The predicted molar refractivity (Wildman–Crippen MR) is 204 cm³/mol. The smallest absolute Gasteiger partial charge is 0.182 e. The first kappa shape index (κ1) is 38.3. The Morgan fingerprint density at radius 1 is 0.700 bits per heavy atom. The first-order chi connectivity index (χ1) is 24.6. The Balaban J connectivity index is 0.000000171. The summed E-state index contributed by atoms with van der Waals surface area (Å²) in [6.45, 7) is 11.3. The van der Waals surface area contributed by atoms with E-state index in [9.17, 15) is 4.39 Å². The summed E-state index contributed by atoms with van der Waals surface area (Å²) in [6, 6.07) is 43.6. The number of thioether (sulfide) groups is 1. The van der Waals surface area contributed by atoms with E-state index < -0.39 is 0 Å². The van der Waals surface area contributed by atoms with Crippen molar-refractivity contribution in [3.8, 4) is 23.0 Å². The third-order valence-corrected chi connectivity index (χ3v) is 8.94. The van der Waals surface area contributed by atoms with Crippen LogP contribution in [0, 0.1) is 5.82 Å². The molecule has 5 aromatic rings. The topological polar surface area (TPSA) is 40.2 Å². The highest BCUT2D eigenvalue weighted by molar-refractivity contribution is 7.99. The van der Waals surface area contributed by atoms with E-state index in [0.29, 0.717) is 36.5 Å². The number of ether oxygens (including phenoxy) is 4. The number of rotatable bonds is 14. The molecule has 5 aromatic carbocycles. The van der Waals surface area contributed by atoms with Crippen LogP contribution in [0.4, 0.5) is 4.39 Å². The fourth-order valence-corrected chi connectivity index (χ4v) is 5.93. The number of fused-ring (bicyclic) bond motifs is 1. The minimum absolute atomic E-state index is 0.278. The van der Waals surface area contributed by atoms with Gasteiger partial charge < -0.3 is 18.9 Å². The summed E-state index contributed by atoms with van der Waals surface area (Å²) < 4.78 is 36.6. The Morgan fingerprint density at radius 2 is 1.24 bits per heavy atom. The summed E-state index contributed by atoms with van der Waals surface area (Å²) in [5, 5.41) is 0. The maximum Gasteiger partial charge on any atom is 0.182 e. The fraction of sp³-hybridized carbons (Fsp3) is 0.302. The monoisotopic (exact) mass is 695 g/mol. The van der Waals surface area contributed by atoms with Crippen molar-refractivity contribution in [1.82, 2.24) is 4.90 Å². The van der Waals surface area contributed by atoms with E-state index in [2.05, 4.69) is 37.8 Å². The number of para-hydroxylation sites is 2. The van der Waals surface area contributed by atoms with Gasteiger partial charge in [-0.05, 0) is 74.0 Å². The predicted octanol–water partition coefficient (Wildman–Crippen LogP) is 10.7. The molecule has 264 valence electrons. The Labute approximate surface area is 302 Å². The number of unbranched alkanes of at least 4 members (excludes halogenated alkanes) is 1. The van der Waals surface area contributed by atoms with Gasteiger partial charge in [0.1, 0.15) is 37.1 Å². The van der Waals surface area contributed by atoms with Crippen molar-refractivity contribution >= 4 is 11.8 Å². The van der Waals surface area contributed by atoms with Gasteiger partial charge in [0.05, 0.1) is 11.5 Å². The van der Waals surface area contributed by atoms with Crippen molar-refractivity contribution in [3.63, 3.8) is 0 Å². The lowest BCUT2D eigenvalue weighted by Crippen LogP contribution is -2.37. The lowest BCUT2D eigenvalue weighted by atomic mass is 10.2. The van der Waals surface area contributed by atoms with Gasteiger partial charge in [0.15, 0.2) is 11.6 Å². The SMILES string of the molecule is CCCCN(CC)[C@@H](C)COc1ccccc1.Fc1c(OCc2ccccc2)ccc2c1SCCO2.c1ccc(COc2ccccc2)cc1. The summed E-state index contributed by atoms with van der Waals surface area (Å²) in [5.41, 5.74) is 2.21. The van der Waals surface area contributed by atoms with Crippen LogP contribution in [0.5, 0.6) is 23.0 Å². The number of halogens is 1. The zero-order valence-corrected chi connectivity index (χ0v) is 30.3. The standard InChI is InChI=1S/C15H13FO2S.C15H25NO.C13H12O/c16-14-12(18-10-11-4-2-1-3-5-11)6-7-13-15(14)19-9-8-17-13;1-4-6-12-16(5-2)14(3)13-17-15-10-8-7-9-11-15;1-3-7-12(8-4-1)11-14-13-9-5-2-6-10-13/h1-7H,8-10H2;7-11,14H,4-6,12-13H2,1-3H3;1-10H,11H2/t;14-;/m.0./s1. The molecule has 50 heavy (non-hydrogen) atoms. The van der Waals surface area contributed by atoms with Crippen LogP contribution in [0.15, 0.2) is 138 Å². The van der Waals surface area contributed by atoms with Crippen molar-refractivity contribution < 1.29 is 23.3 Å². The summed E-state index contributed by atoms with van der Waals surface area (Å²) >= 11 is 1.47. The molecule has 5 nitrogen and oxygen atoms in total. The van der Waals surface area contributed by atoms with Gasteiger partial charge in [-0.25, -0.2) is 4.39 Å². The molecule has 0 aliphatic carbocycles. The first-order valence-corrected chi connectivity index (χ1v) is 18.4. The Kier molecular flexibility index (Phi) is 17.1. The molecular weight excluding hydrogens is 646 g/mol. The maximum absolute atomic E-state index is 14.2. The van der Waals surface area contributed by atoms with E-state index in [0.717, 1.165) is 36.0 Å². The second-order valence-electron chi connectivity index (χ2n) is 11.7. The molecule has 7 heteroatoms. The molecule has 1 aliphatic heterocycles. The summed E-state index contributed by atoms with van der Waals surface area (Å²) in [6.07, 6.45) is 2.52. The van der Waals surface area contributed by atoms with E-state index in [1.807, 2.05) is 109 Å². The number of likely N-dealkylation sites (N-methyl/N-ethyl adjacent to an activating group) is 1. The minimum Gasteiger partial charge on any atom is -0.492 e. The summed E-state index contributed by atoms with van der Waals surface area (Å²) in [4.78, 5) is 3.03. The lowest BCUT2D eigenvalue weighted by Gasteiger charge is -2.27. The molecular formula is C43H50FNO4S. The average molecular weight is 696 g/mol. The van der Waals surface area contributed by atoms with Gasteiger partial charge >= 0.3 is 0 Å². The molecule has 6 rings (SSSR count). The fourth-order valence-electron chi connectivity index (χ4n) is 5.06. The van der Waals surface area contributed by atoms with Crippen LogP contribution in [-0.4, -0.2) is 43.0 Å². The molecule has 0 radical (unpaired) electrons. The van der Waals surface area contributed by atoms with Crippen LogP contribution in [0.1, 0.15) is 44.7 Å². The van der Waals surface area contributed by atoms with Crippen LogP contribution in [-0.2, 0) is 13.2 Å². The average Bonchev–Trinajstić information content (AvgIpc) is 3.18. The van der Waals surface area contributed by atoms with Gasteiger partial charge in [0.2, 0.25) is 0 Å². The Hall–Kier alpha value is -4.46. The van der Waals surface area contributed by atoms with Crippen LogP contribution >= 0.6 is 11.8 Å². The van der Waals surface area contributed by atoms with Gasteiger partial charge in [-0.3, -0.25) is 4.90 Å². The van der Waals surface area contributed by atoms with Crippen molar-refractivity contribution in [1.29, 1.82) is 0 Å². The van der Waals surface area contributed by atoms with E-state index in [-0.39, 0.29) is 11.6 Å². The van der Waals surface area contributed by atoms with Crippen LogP contribution in [0.3, 0.4) is 0 Å². The van der Waals surface area contributed by atoms with Crippen LogP contribution in [0.2, 0.25) is 0 Å². The molecule has 0 saturated heterocycles. The molecule has 1 atom stereocenters. The molecule has 0 saturated carbocycles. The van der Waals surface area contributed by atoms with Gasteiger partial charge in [-0.1, -0.05) is 117 Å². The highest BCUT2D eigenvalue weighted by Crippen LogP contribution is 2.39. The van der Waals surface area contributed by atoms with Crippen molar-refractivity contribution in [2.75, 3.05) is 32.1 Å². The number of hydrogen-bond donors (Lipinski definition) is 0. The summed E-state index contributed by atoms with van der Waals surface area (Å²) in [7, 11) is 0. The van der Waals surface area contributed by atoms with E-state index >= 15 is 0 Å². The zero-order valence-electron chi connectivity index (χ0n) is 29.5. The third-order valence-electron chi connectivity index (χ3n) is 7.90. The van der Waals surface area contributed by atoms with Crippen LogP contribution < -0.4 is 18.9 Å². The second-order valence-corrected chi connectivity index (χ2v) is 12.8. The Morgan fingerprint density at radius 3 is 1.80 bits per heavy atom. The molecule has 0 N–H and O–H groups in total. The molecule has 0 aromatic heterocycles. The highest BCUT2D eigenvalue weighted by atomic mass is 32.2. The molecule has 1 heterocycles. The number of nitrogens with zero attached hydrogens (tertiary/aromatic N) is 1. The molecule has 0 bridgehead atoms. The number of benzene rings is 5. The molecule has 1 aliphatic rings. The van der Waals surface area contributed by atoms with E-state index in [1.165, 1.54) is 36.7 Å². The van der Waals surface area contributed by atoms with Gasteiger partial charge in [0, 0.05) is 11.8 Å². The summed E-state index contributed by atoms with van der Waals surface area (Å²) in [5.74, 6) is 3.22. The van der Waals surface area contributed by atoms with Crippen molar-refractivity contribution in [2.24, 2.45) is 0 Å². The van der Waals surface area contributed by atoms with E-state index in [4.69, 9.17) is 18.9 Å².